The predicted molar refractivity (Wildman–Crippen MR) is 269 cm³/mol. The Morgan fingerprint density at radius 3 is 2.03 bits per heavy atom. The molecule has 4 aliphatic heterocycles. The molecule has 8 aromatic rings. The molecule has 0 aliphatic carbocycles. The maximum Gasteiger partial charge on any atom is 0.416 e. The van der Waals surface area contributed by atoms with Crippen molar-refractivity contribution in [2.75, 3.05) is 36.1 Å². The third-order valence-corrected chi connectivity index (χ3v) is 16.5. The van der Waals surface area contributed by atoms with Gasteiger partial charge in [0.1, 0.15) is 24.2 Å². The van der Waals surface area contributed by atoms with Gasteiger partial charge in [0.05, 0.1) is 38.4 Å². The van der Waals surface area contributed by atoms with E-state index in [0.29, 0.717) is 46.9 Å². The summed E-state index contributed by atoms with van der Waals surface area (Å²) in [7, 11) is 0. The van der Waals surface area contributed by atoms with E-state index in [-0.39, 0.29) is 0 Å². The van der Waals surface area contributed by atoms with Gasteiger partial charge in [0.15, 0.2) is 11.5 Å². The van der Waals surface area contributed by atoms with E-state index in [4.69, 9.17) is 13.8 Å². The molecule has 67 heavy (non-hydrogen) atoms. The summed E-state index contributed by atoms with van der Waals surface area (Å²) in [4.78, 5) is 9.15. The van der Waals surface area contributed by atoms with Gasteiger partial charge in [-0.1, -0.05) is 86.5 Å². The predicted octanol–water partition coefficient (Wildman–Crippen LogP) is 16.0. The zero-order valence-electron chi connectivity index (χ0n) is 37.0. The van der Waals surface area contributed by atoms with Crippen LogP contribution in [0.25, 0.3) is 54.2 Å². The summed E-state index contributed by atoms with van der Waals surface area (Å²) < 4.78 is 63.4. The first-order valence-electron chi connectivity index (χ1n) is 23.4. The van der Waals surface area contributed by atoms with Gasteiger partial charge >= 0.3 is 6.18 Å². The number of aryl methyl sites for hydroxylation is 3. The van der Waals surface area contributed by atoms with Crippen LogP contribution in [0, 0.1) is 0 Å². The van der Waals surface area contributed by atoms with E-state index in [9.17, 15) is 13.2 Å². The Labute approximate surface area is 400 Å². The van der Waals surface area contributed by atoms with E-state index in [0.717, 1.165) is 93.0 Å². The standard InChI is InChI=1S/C55H47F3N4O2S3/c1-2-3-4-5-9-33-14-18-41(19-15-33)62-44-22-16-34(39-28-36-11-7-24-61-25-8-12-37(29-39)50(36)61)31-46(44)65-47-32-38(17-23-45(47)62)53-51-52(64-27-26-63-51)54(66-53)43-21-20-42(48-49(43)60-67-59-48)35-10-6-13-40(30-35)55(56,57)58/h6,10,13-23,28-32H,2-5,7-9,11-12,24-27H2,1H3. The molecule has 12 heteroatoms. The van der Waals surface area contributed by atoms with Gasteiger partial charge in [-0.05, 0) is 138 Å². The first kappa shape index (κ1) is 42.5. The second-order valence-corrected chi connectivity index (χ2v) is 20.6. The van der Waals surface area contributed by atoms with Gasteiger partial charge in [-0.15, -0.1) is 11.3 Å². The van der Waals surface area contributed by atoms with Crippen molar-refractivity contribution in [1.29, 1.82) is 0 Å². The van der Waals surface area contributed by atoms with Crippen molar-refractivity contribution in [3.05, 3.63) is 131 Å². The van der Waals surface area contributed by atoms with Gasteiger partial charge in [0.25, 0.3) is 0 Å². The number of unbranched alkanes of at least 4 members (excludes halogenated alkanes) is 3. The van der Waals surface area contributed by atoms with Gasteiger partial charge in [-0.2, -0.15) is 21.9 Å². The summed E-state index contributed by atoms with van der Waals surface area (Å²) in [6.07, 6.45) is 6.25. The number of thiophene rings is 1. The van der Waals surface area contributed by atoms with Crippen LogP contribution in [0.1, 0.15) is 67.7 Å². The number of ether oxygens (including phenoxy) is 2. The van der Waals surface area contributed by atoms with Crippen LogP contribution in [0.4, 0.5) is 35.9 Å². The highest BCUT2D eigenvalue weighted by molar-refractivity contribution is 7.99. The van der Waals surface area contributed by atoms with Crippen LogP contribution >= 0.6 is 34.8 Å². The Morgan fingerprint density at radius 2 is 1.31 bits per heavy atom. The molecule has 6 nitrogen and oxygen atoms in total. The van der Waals surface area contributed by atoms with Crippen molar-refractivity contribution in [3.63, 3.8) is 0 Å². The van der Waals surface area contributed by atoms with Crippen molar-refractivity contribution in [2.45, 2.75) is 80.7 Å². The molecule has 2 aromatic heterocycles. The number of anilines is 4. The number of nitrogens with zero attached hydrogens (tertiary/aromatic N) is 4. The van der Waals surface area contributed by atoms with Gasteiger partial charge in [0.2, 0.25) is 0 Å². The van der Waals surface area contributed by atoms with Crippen LogP contribution in [0.2, 0.25) is 0 Å². The maximum absolute atomic E-state index is 13.8. The molecule has 0 unspecified atom stereocenters. The molecular formula is C55H47F3N4O2S3. The average molecular weight is 949 g/mol. The number of hydrogen-bond donors (Lipinski definition) is 0. The summed E-state index contributed by atoms with van der Waals surface area (Å²) in [5.41, 5.74) is 15.1. The second-order valence-electron chi connectivity index (χ2n) is 17.9. The second kappa shape index (κ2) is 17.4. The van der Waals surface area contributed by atoms with Crippen LogP contribution < -0.4 is 19.3 Å². The first-order valence-corrected chi connectivity index (χ1v) is 25.8. The summed E-state index contributed by atoms with van der Waals surface area (Å²) in [5, 5.41) is 0. The van der Waals surface area contributed by atoms with E-state index < -0.39 is 11.7 Å². The van der Waals surface area contributed by atoms with Crippen molar-refractivity contribution >= 4 is 68.6 Å². The highest BCUT2D eigenvalue weighted by Gasteiger charge is 2.33. The molecule has 12 rings (SSSR count). The smallest absolute Gasteiger partial charge is 0.416 e. The average Bonchev–Trinajstić information content (AvgIpc) is 4.01. The number of fused-ring (bicyclic) bond motifs is 4. The van der Waals surface area contributed by atoms with Crippen LogP contribution in [0.15, 0.2) is 119 Å². The molecular weight excluding hydrogens is 902 g/mol. The number of hydrogen-bond acceptors (Lipinski definition) is 9. The number of alkyl halides is 3. The molecule has 0 saturated heterocycles. The Hall–Kier alpha value is -5.82. The van der Waals surface area contributed by atoms with E-state index in [2.05, 4.69) is 93.9 Å². The first-order chi connectivity index (χ1) is 32.8. The lowest BCUT2D eigenvalue weighted by molar-refractivity contribution is -0.137. The zero-order valence-corrected chi connectivity index (χ0v) is 39.5. The van der Waals surface area contributed by atoms with E-state index >= 15 is 0 Å². The summed E-state index contributed by atoms with van der Waals surface area (Å²) >= 11 is 4.44. The zero-order chi connectivity index (χ0) is 45.2. The topological polar surface area (TPSA) is 50.7 Å². The van der Waals surface area contributed by atoms with Gasteiger partial charge < -0.3 is 19.3 Å². The van der Waals surface area contributed by atoms with Crippen LogP contribution in [0.5, 0.6) is 11.5 Å². The van der Waals surface area contributed by atoms with Crippen LogP contribution in [-0.2, 0) is 25.4 Å². The quantitative estimate of drug-likeness (QED) is 0.127. The Balaban J connectivity index is 0.941. The van der Waals surface area contributed by atoms with Gasteiger partial charge in [0, 0.05) is 45.4 Å². The molecule has 6 aromatic carbocycles. The molecule has 338 valence electrons. The minimum atomic E-state index is -4.46. The maximum atomic E-state index is 13.8. The molecule has 0 saturated carbocycles. The highest BCUT2D eigenvalue weighted by Crippen LogP contribution is 2.58. The molecule has 0 spiro atoms. The van der Waals surface area contributed by atoms with E-state index in [1.165, 1.54) is 89.1 Å². The molecule has 0 radical (unpaired) electrons. The van der Waals surface area contributed by atoms with Gasteiger partial charge in [-0.3, -0.25) is 0 Å². The lowest BCUT2D eigenvalue weighted by atomic mass is 9.88. The monoisotopic (exact) mass is 948 g/mol. The lowest BCUT2D eigenvalue weighted by Crippen LogP contribution is -2.34. The van der Waals surface area contributed by atoms with Gasteiger partial charge in [-0.25, -0.2) is 0 Å². The lowest BCUT2D eigenvalue weighted by Gasteiger charge is -2.37. The Morgan fingerprint density at radius 1 is 0.642 bits per heavy atom. The fourth-order valence-corrected chi connectivity index (χ4v) is 13.3. The number of halogens is 3. The molecule has 0 amide bonds. The number of benzene rings is 6. The largest absolute Gasteiger partial charge is 0.485 e. The fraction of sp³-hybridized carbons (Fsp3) is 0.273. The Bertz CT molecular complexity index is 3170. The van der Waals surface area contributed by atoms with Crippen LogP contribution in [-0.4, -0.2) is 35.1 Å². The summed E-state index contributed by atoms with van der Waals surface area (Å²) in [5.74, 6) is 1.34. The minimum absolute atomic E-state index is 0.395. The van der Waals surface area contributed by atoms with Crippen molar-refractivity contribution in [1.82, 2.24) is 8.75 Å². The van der Waals surface area contributed by atoms with Crippen molar-refractivity contribution in [2.24, 2.45) is 0 Å². The summed E-state index contributed by atoms with van der Waals surface area (Å²) in [6, 6.07) is 36.9. The molecule has 0 atom stereocenters. The molecule has 4 aliphatic rings. The summed E-state index contributed by atoms with van der Waals surface area (Å²) in [6.45, 7) is 5.39. The molecule has 0 fully saturated rings. The minimum Gasteiger partial charge on any atom is -0.485 e. The van der Waals surface area contributed by atoms with E-state index in [1.54, 1.807) is 17.4 Å². The molecule has 0 bridgehead atoms. The van der Waals surface area contributed by atoms with E-state index in [1.807, 2.05) is 23.9 Å². The SMILES string of the molecule is CCCCCCc1ccc(N2c3ccc(-c4cc5c6c(c4)CCCN6CCC5)cc3Sc3cc(-c4sc(-c5ccc(-c6cccc(C(F)(F)F)c6)c6nsnc56)c5c4OCCO5)ccc32)cc1. The fourth-order valence-electron chi connectivity index (χ4n) is 10.4. The van der Waals surface area contributed by atoms with Crippen LogP contribution in [0.3, 0.4) is 0 Å². The number of rotatable bonds is 10. The number of aromatic nitrogens is 2. The molecule has 6 heterocycles. The third kappa shape index (κ3) is 7.74. The van der Waals surface area contributed by atoms with Crippen molar-refractivity contribution < 1.29 is 22.6 Å². The third-order valence-electron chi connectivity index (χ3n) is 13.6. The highest BCUT2D eigenvalue weighted by atomic mass is 32.2. The van der Waals surface area contributed by atoms with Crippen molar-refractivity contribution in [3.8, 4) is 54.6 Å². The normalized spacial score (nSPS) is 15.1. The molecule has 0 N–H and O–H groups in total. The Kier molecular flexibility index (Phi) is 11.0.